The maximum atomic E-state index is 12.7. The van der Waals surface area contributed by atoms with E-state index in [1.165, 1.54) is 6.42 Å². The van der Waals surface area contributed by atoms with Gasteiger partial charge in [0, 0.05) is 12.5 Å². The standard InChI is InChI=1S/C20H27NO4S/c22-19(23)11-7-2-1-6-10-18-15-12-13-16(14-15)20(18)21-26(24,25)17-8-4-3-5-9-17/h1,3-6,8-9,15-16,18,20-21H,2,7,10-14H2,(H,22,23)/b6-1-/t15-,16?,18-,20-/m0/s1. The van der Waals surface area contributed by atoms with Gasteiger partial charge in [-0.1, -0.05) is 30.4 Å². The van der Waals surface area contributed by atoms with Crippen molar-refractivity contribution in [2.75, 3.05) is 0 Å². The average molecular weight is 378 g/mol. The summed E-state index contributed by atoms with van der Waals surface area (Å²) in [6.07, 6.45) is 10.00. The van der Waals surface area contributed by atoms with E-state index in [9.17, 15) is 13.2 Å². The van der Waals surface area contributed by atoms with Gasteiger partial charge in [-0.15, -0.1) is 0 Å². The minimum absolute atomic E-state index is 0.00243. The maximum absolute atomic E-state index is 12.7. The molecule has 2 bridgehead atoms. The minimum atomic E-state index is -3.49. The number of aliphatic carboxylic acids is 1. The zero-order valence-electron chi connectivity index (χ0n) is 14.9. The Morgan fingerprint density at radius 1 is 1.15 bits per heavy atom. The van der Waals surface area contributed by atoms with Gasteiger partial charge in [-0.2, -0.15) is 0 Å². The van der Waals surface area contributed by atoms with Crippen molar-refractivity contribution in [3.8, 4) is 0 Å². The summed E-state index contributed by atoms with van der Waals surface area (Å²) in [6, 6.07) is 8.57. The number of hydrogen-bond donors (Lipinski definition) is 2. The molecule has 26 heavy (non-hydrogen) atoms. The quantitative estimate of drug-likeness (QED) is 0.509. The first-order valence-corrected chi connectivity index (χ1v) is 10.9. The van der Waals surface area contributed by atoms with E-state index in [2.05, 4.69) is 10.8 Å². The highest BCUT2D eigenvalue weighted by atomic mass is 32.2. The lowest BCUT2D eigenvalue weighted by Gasteiger charge is -2.31. The molecule has 0 aromatic heterocycles. The third kappa shape index (κ3) is 4.54. The van der Waals surface area contributed by atoms with Crippen LogP contribution in [0.3, 0.4) is 0 Å². The second-order valence-corrected chi connectivity index (χ2v) is 9.16. The van der Waals surface area contributed by atoms with E-state index in [-0.39, 0.29) is 12.5 Å². The molecule has 0 spiro atoms. The summed E-state index contributed by atoms with van der Waals surface area (Å²) >= 11 is 0. The third-order valence-corrected chi connectivity index (χ3v) is 7.24. The number of hydrogen-bond acceptors (Lipinski definition) is 3. The molecule has 0 aliphatic heterocycles. The van der Waals surface area contributed by atoms with E-state index >= 15 is 0 Å². The number of benzene rings is 1. The molecule has 1 unspecified atom stereocenters. The van der Waals surface area contributed by atoms with E-state index < -0.39 is 16.0 Å². The number of carboxylic acids is 1. The van der Waals surface area contributed by atoms with Crippen LogP contribution in [0.15, 0.2) is 47.4 Å². The van der Waals surface area contributed by atoms with Crippen LogP contribution < -0.4 is 4.72 Å². The van der Waals surface area contributed by atoms with Gasteiger partial charge < -0.3 is 5.11 Å². The third-order valence-electron chi connectivity index (χ3n) is 5.77. The molecule has 6 heteroatoms. The van der Waals surface area contributed by atoms with Crippen LogP contribution in [0.5, 0.6) is 0 Å². The van der Waals surface area contributed by atoms with E-state index in [1.54, 1.807) is 24.3 Å². The van der Waals surface area contributed by atoms with E-state index in [0.29, 0.717) is 29.1 Å². The summed E-state index contributed by atoms with van der Waals surface area (Å²) in [5.74, 6) is 0.598. The Morgan fingerprint density at radius 3 is 2.62 bits per heavy atom. The Morgan fingerprint density at radius 2 is 1.88 bits per heavy atom. The van der Waals surface area contributed by atoms with Crippen LogP contribution >= 0.6 is 0 Å². The number of rotatable bonds is 9. The van der Waals surface area contributed by atoms with Crippen molar-refractivity contribution < 1.29 is 18.3 Å². The number of allylic oxidation sites excluding steroid dienone is 2. The highest BCUT2D eigenvalue weighted by molar-refractivity contribution is 7.89. The first kappa shape index (κ1) is 19.1. The number of carbonyl (C=O) groups is 1. The molecule has 2 aliphatic carbocycles. The van der Waals surface area contributed by atoms with Crippen LogP contribution in [0.1, 0.15) is 44.9 Å². The molecule has 0 heterocycles. The van der Waals surface area contributed by atoms with Crippen LogP contribution in [0.2, 0.25) is 0 Å². The minimum Gasteiger partial charge on any atom is -0.481 e. The first-order valence-electron chi connectivity index (χ1n) is 9.41. The van der Waals surface area contributed by atoms with Crippen molar-refractivity contribution in [3.63, 3.8) is 0 Å². The number of carboxylic acid groups (broad SMARTS) is 1. The van der Waals surface area contributed by atoms with Crippen LogP contribution in [0, 0.1) is 17.8 Å². The fourth-order valence-corrected chi connectivity index (χ4v) is 5.90. The molecule has 0 saturated heterocycles. The summed E-state index contributed by atoms with van der Waals surface area (Å²) in [4.78, 5) is 10.9. The topological polar surface area (TPSA) is 83.5 Å². The average Bonchev–Trinajstić information content (AvgIpc) is 3.20. The highest BCUT2D eigenvalue weighted by Gasteiger charge is 2.48. The monoisotopic (exact) mass is 377 g/mol. The summed E-state index contributed by atoms with van der Waals surface area (Å²) in [7, 11) is -3.49. The predicted molar refractivity (Wildman–Crippen MR) is 100 cm³/mol. The molecule has 2 fully saturated rings. The van der Waals surface area contributed by atoms with Gasteiger partial charge in [-0.05, 0) is 68.4 Å². The molecule has 0 radical (unpaired) electrons. The van der Waals surface area contributed by atoms with Gasteiger partial charge in [0.15, 0.2) is 0 Å². The second-order valence-electron chi connectivity index (χ2n) is 7.45. The van der Waals surface area contributed by atoms with E-state index in [0.717, 1.165) is 25.7 Å². The fourth-order valence-electron chi connectivity index (χ4n) is 4.52. The fraction of sp³-hybridized carbons (Fsp3) is 0.550. The summed E-state index contributed by atoms with van der Waals surface area (Å²) in [5.41, 5.74) is 0. The largest absolute Gasteiger partial charge is 0.481 e. The van der Waals surface area contributed by atoms with Gasteiger partial charge in [0.25, 0.3) is 0 Å². The highest BCUT2D eigenvalue weighted by Crippen LogP contribution is 2.50. The van der Waals surface area contributed by atoms with Crippen LogP contribution in [-0.2, 0) is 14.8 Å². The van der Waals surface area contributed by atoms with Gasteiger partial charge in [0.2, 0.25) is 10.0 Å². The van der Waals surface area contributed by atoms with Crippen molar-refractivity contribution >= 4 is 16.0 Å². The van der Waals surface area contributed by atoms with Crippen molar-refractivity contribution in [1.82, 2.24) is 4.72 Å². The Bertz CT molecular complexity index is 744. The van der Waals surface area contributed by atoms with Gasteiger partial charge >= 0.3 is 5.97 Å². The van der Waals surface area contributed by atoms with E-state index in [1.807, 2.05) is 12.1 Å². The number of unbranched alkanes of at least 4 members (excludes halogenated alkanes) is 1. The molecule has 142 valence electrons. The maximum Gasteiger partial charge on any atom is 0.303 e. The Labute approximate surface area is 155 Å². The predicted octanol–water partition coefficient (Wildman–Crippen LogP) is 3.58. The molecule has 4 atom stereocenters. The summed E-state index contributed by atoms with van der Waals surface area (Å²) < 4.78 is 28.4. The number of fused-ring (bicyclic) bond motifs is 2. The number of nitrogens with one attached hydrogen (secondary N) is 1. The molecule has 1 aromatic rings. The lowest BCUT2D eigenvalue weighted by Crippen LogP contribution is -2.43. The lowest BCUT2D eigenvalue weighted by atomic mass is 9.83. The van der Waals surface area contributed by atoms with Crippen LogP contribution in [-0.4, -0.2) is 25.5 Å². The smallest absolute Gasteiger partial charge is 0.303 e. The Balaban J connectivity index is 1.60. The van der Waals surface area contributed by atoms with Crippen molar-refractivity contribution in [1.29, 1.82) is 0 Å². The zero-order valence-corrected chi connectivity index (χ0v) is 15.7. The normalized spacial score (nSPS) is 28.0. The van der Waals surface area contributed by atoms with Gasteiger partial charge in [0.05, 0.1) is 4.90 Å². The van der Waals surface area contributed by atoms with Crippen molar-refractivity contribution in [2.24, 2.45) is 17.8 Å². The Kier molecular flexibility index (Phi) is 6.14. The van der Waals surface area contributed by atoms with Gasteiger partial charge in [-0.25, -0.2) is 13.1 Å². The van der Waals surface area contributed by atoms with E-state index in [4.69, 9.17) is 5.11 Å². The SMILES string of the molecule is O=C(O)CCC/C=C\C[C@H]1[C@H]2CCC(C2)[C@@H]1NS(=O)(=O)c1ccccc1. The lowest BCUT2D eigenvalue weighted by molar-refractivity contribution is -0.137. The first-order chi connectivity index (χ1) is 12.5. The second kappa shape index (κ2) is 8.35. The molecule has 5 nitrogen and oxygen atoms in total. The van der Waals surface area contributed by atoms with Gasteiger partial charge in [0.1, 0.15) is 0 Å². The summed E-state index contributed by atoms with van der Waals surface area (Å²) in [5, 5.41) is 8.66. The van der Waals surface area contributed by atoms with Crippen LogP contribution in [0.4, 0.5) is 0 Å². The van der Waals surface area contributed by atoms with Gasteiger partial charge in [-0.3, -0.25) is 4.79 Å². The molecular formula is C20H27NO4S. The van der Waals surface area contributed by atoms with Crippen LogP contribution in [0.25, 0.3) is 0 Å². The zero-order chi connectivity index (χ0) is 18.6. The molecule has 1 aromatic carbocycles. The molecule has 0 amide bonds. The summed E-state index contributed by atoms with van der Waals surface area (Å²) in [6.45, 7) is 0. The molecule has 3 rings (SSSR count). The molecule has 2 saturated carbocycles. The van der Waals surface area contributed by atoms with Crippen molar-refractivity contribution in [2.45, 2.75) is 55.9 Å². The molecule has 2 aliphatic rings. The molecule has 2 N–H and O–H groups in total. The number of sulfonamides is 1. The Hall–Kier alpha value is -1.66. The molecular weight excluding hydrogens is 350 g/mol. The van der Waals surface area contributed by atoms with Crippen molar-refractivity contribution in [3.05, 3.63) is 42.5 Å².